The molecule has 1 aliphatic heterocycles. The number of benzene rings is 3. The number of aromatic nitrogens is 1. The molecule has 0 spiro atoms. The number of aromatic carboxylic acids is 1. The van der Waals surface area contributed by atoms with Gasteiger partial charge in [0.05, 0.1) is 29.1 Å². The summed E-state index contributed by atoms with van der Waals surface area (Å²) in [5.41, 5.74) is 4.86. The summed E-state index contributed by atoms with van der Waals surface area (Å²) >= 11 is 0. The third-order valence-corrected chi connectivity index (χ3v) is 14.5. The molecule has 1 saturated heterocycles. The van der Waals surface area contributed by atoms with Crippen molar-refractivity contribution in [2.75, 3.05) is 58.3 Å². The Kier molecular flexibility index (Phi) is 10.8. The smallest absolute Gasteiger partial charge is 0.335 e. The molecule has 5 rings (SSSR count). The molecule has 2 heterocycles. The highest BCUT2D eigenvalue weighted by Gasteiger charge is 2.36. The van der Waals surface area contributed by atoms with E-state index in [0.717, 1.165) is 49.4 Å². The van der Waals surface area contributed by atoms with Crippen molar-refractivity contribution >= 4 is 48.2 Å². The normalized spacial score (nSPS) is 15.1. The minimum absolute atomic E-state index is 0.0224. The molecule has 0 radical (unpaired) electrons. The fourth-order valence-electron chi connectivity index (χ4n) is 5.61. The zero-order chi connectivity index (χ0) is 35.5. The second-order valence-corrected chi connectivity index (χ2v) is 19.3. The molecule has 4 aromatic rings. The molecular formula is C38H49N5O5Si. The van der Waals surface area contributed by atoms with Gasteiger partial charge in [0, 0.05) is 62.0 Å². The molecular weight excluding hydrogens is 635 g/mol. The maximum atomic E-state index is 13.1. The average molecular weight is 684 g/mol. The van der Waals surface area contributed by atoms with E-state index in [-0.39, 0.29) is 22.4 Å². The molecule has 3 aromatic carbocycles. The zero-order valence-corrected chi connectivity index (χ0v) is 30.7. The Morgan fingerprint density at radius 2 is 1.59 bits per heavy atom. The van der Waals surface area contributed by atoms with Crippen molar-refractivity contribution in [3.63, 3.8) is 0 Å². The van der Waals surface area contributed by atoms with Crippen LogP contribution in [-0.2, 0) is 15.6 Å². The molecule has 0 bridgehead atoms. The van der Waals surface area contributed by atoms with Crippen LogP contribution >= 0.6 is 0 Å². The number of carboxylic acid groups (broad SMARTS) is 1. The van der Waals surface area contributed by atoms with Gasteiger partial charge in [-0.05, 0) is 79.6 Å². The number of rotatable bonds is 11. The van der Waals surface area contributed by atoms with Crippen LogP contribution in [0.15, 0.2) is 71.7 Å². The summed E-state index contributed by atoms with van der Waals surface area (Å²) in [5, 5.41) is 21.6. The van der Waals surface area contributed by atoms with Gasteiger partial charge in [0.2, 0.25) is 5.91 Å². The number of hydrogen-bond donors (Lipinski definition) is 3. The van der Waals surface area contributed by atoms with E-state index in [1.807, 2.05) is 48.5 Å². The van der Waals surface area contributed by atoms with Gasteiger partial charge in [-0.1, -0.05) is 45.0 Å². The number of piperazine rings is 1. The molecule has 1 amide bonds. The Morgan fingerprint density at radius 1 is 0.959 bits per heavy atom. The number of fused-ring (bicyclic) bond motifs is 1. The number of hydrogen-bond acceptors (Lipinski definition) is 7. The fraction of sp³-hybridized carbons (Fsp3) is 0.395. The summed E-state index contributed by atoms with van der Waals surface area (Å²) in [5.74, 6) is -1.14. The van der Waals surface area contributed by atoms with Gasteiger partial charge >= 0.3 is 5.97 Å². The van der Waals surface area contributed by atoms with Gasteiger partial charge < -0.3 is 29.4 Å². The van der Waals surface area contributed by atoms with Gasteiger partial charge in [-0.3, -0.25) is 9.69 Å². The number of amides is 1. The van der Waals surface area contributed by atoms with Crippen molar-refractivity contribution in [3.05, 3.63) is 89.0 Å². The van der Waals surface area contributed by atoms with Crippen LogP contribution < -0.4 is 4.90 Å². The zero-order valence-electron chi connectivity index (χ0n) is 29.7. The van der Waals surface area contributed by atoms with Crippen LogP contribution in [0.25, 0.3) is 10.9 Å². The van der Waals surface area contributed by atoms with Crippen LogP contribution in [0, 0.1) is 0 Å². The SMILES string of the molecule is CN1CCN(CC(=O)N(C)c2ccc(N=C(c3ccc(CCO[Si](C)(C)C(C)(C)C)cc3)c3c(O)[nH]c4ccc(C(=O)O)cc34)cc2)CC1. The van der Waals surface area contributed by atoms with Crippen LogP contribution in [0.4, 0.5) is 11.4 Å². The van der Waals surface area contributed by atoms with E-state index < -0.39 is 14.3 Å². The van der Waals surface area contributed by atoms with E-state index in [9.17, 15) is 19.8 Å². The van der Waals surface area contributed by atoms with Crippen LogP contribution in [0.1, 0.15) is 47.8 Å². The Balaban J connectivity index is 1.44. The van der Waals surface area contributed by atoms with Crippen LogP contribution in [0.2, 0.25) is 18.1 Å². The number of anilines is 1. The van der Waals surface area contributed by atoms with Gasteiger partial charge in [-0.2, -0.15) is 0 Å². The number of nitrogens with one attached hydrogen (secondary N) is 1. The monoisotopic (exact) mass is 683 g/mol. The fourth-order valence-corrected chi connectivity index (χ4v) is 6.66. The molecule has 0 atom stereocenters. The molecule has 11 heteroatoms. The van der Waals surface area contributed by atoms with Crippen molar-refractivity contribution in [2.24, 2.45) is 4.99 Å². The lowest BCUT2D eigenvalue weighted by atomic mass is 9.98. The highest BCUT2D eigenvalue weighted by atomic mass is 28.4. The number of carbonyl (C=O) groups is 2. The summed E-state index contributed by atoms with van der Waals surface area (Å²) in [7, 11) is 2.02. The first-order valence-corrected chi connectivity index (χ1v) is 19.7. The number of carboxylic acids is 1. The molecule has 260 valence electrons. The molecule has 10 nitrogen and oxygen atoms in total. The summed E-state index contributed by atoms with van der Waals surface area (Å²) in [4.78, 5) is 39.0. The van der Waals surface area contributed by atoms with Crippen LogP contribution in [-0.4, -0.2) is 104 Å². The molecule has 0 aliphatic carbocycles. The third-order valence-electron chi connectivity index (χ3n) is 9.96. The van der Waals surface area contributed by atoms with E-state index in [1.165, 1.54) is 6.07 Å². The quantitative estimate of drug-likeness (QED) is 0.122. The van der Waals surface area contributed by atoms with E-state index >= 15 is 0 Å². The predicted octanol–water partition coefficient (Wildman–Crippen LogP) is 6.52. The highest BCUT2D eigenvalue weighted by molar-refractivity contribution is 6.74. The van der Waals surface area contributed by atoms with Gasteiger partial charge in [-0.25, -0.2) is 9.79 Å². The summed E-state index contributed by atoms with van der Waals surface area (Å²) < 4.78 is 6.39. The number of aliphatic imine (C=N–C) groups is 1. The molecule has 1 aromatic heterocycles. The number of H-pyrrole nitrogens is 1. The molecule has 49 heavy (non-hydrogen) atoms. The molecule has 0 saturated carbocycles. The van der Waals surface area contributed by atoms with E-state index in [1.54, 1.807) is 24.1 Å². The van der Waals surface area contributed by atoms with E-state index in [4.69, 9.17) is 9.42 Å². The number of nitrogens with zero attached hydrogens (tertiary/aromatic N) is 4. The Labute approximate surface area is 290 Å². The number of aromatic amines is 1. The maximum absolute atomic E-state index is 13.1. The van der Waals surface area contributed by atoms with Gasteiger partial charge in [0.1, 0.15) is 0 Å². The first-order valence-electron chi connectivity index (χ1n) is 16.8. The van der Waals surface area contributed by atoms with Gasteiger partial charge in [0.25, 0.3) is 0 Å². The molecule has 0 unspecified atom stereocenters. The number of likely N-dealkylation sites (N-methyl/N-ethyl adjacent to an activating group) is 2. The van der Waals surface area contributed by atoms with Gasteiger partial charge in [-0.15, -0.1) is 0 Å². The van der Waals surface area contributed by atoms with Crippen molar-refractivity contribution in [3.8, 4) is 5.88 Å². The topological polar surface area (TPSA) is 122 Å². The number of carbonyl (C=O) groups excluding carboxylic acids is 1. The Bertz CT molecular complexity index is 1820. The number of aromatic hydroxyl groups is 1. The van der Waals surface area contributed by atoms with Crippen LogP contribution in [0.3, 0.4) is 0 Å². The van der Waals surface area contributed by atoms with Gasteiger partial charge in [0.15, 0.2) is 14.2 Å². The van der Waals surface area contributed by atoms with Crippen molar-refractivity contribution in [2.45, 2.75) is 45.3 Å². The minimum atomic E-state index is -1.86. The molecule has 1 aliphatic rings. The van der Waals surface area contributed by atoms with E-state index in [0.29, 0.717) is 41.0 Å². The van der Waals surface area contributed by atoms with Crippen LogP contribution in [0.5, 0.6) is 5.88 Å². The lowest BCUT2D eigenvalue weighted by molar-refractivity contribution is -0.119. The summed E-state index contributed by atoms with van der Waals surface area (Å²) in [6.07, 6.45) is 0.766. The maximum Gasteiger partial charge on any atom is 0.335 e. The summed E-state index contributed by atoms with van der Waals surface area (Å²) in [6.45, 7) is 15.8. The lowest BCUT2D eigenvalue weighted by Gasteiger charge is -2.36. The third kappa shape index (κ3) is 8.48. The Morgan fingerprint density at radius 3 is 2.20 bits per heavy atom. The molecule has 3 N–H and O–H groups in total. The highest BCUT2D eigenvalue weighted by Crippen LogP contribution is 2.37. The largest absolute Gasteiger partial charge is 0.494 e. The molecule has 1 fully saturated rings. The first-order chi connectivity index (χ1) is 23.1. The van der Waals surface area contributed by atoms with Crippen molar-refractivity contribution in [1.29, 1.82) is 0 Å². The standard InChI is InChI=1S/C38H49N5O5Si/c1-38(2,3)49(6,7)48-23-18-26-8-10-27(11-9-26)35(34-31-24-28(37(46)47)12-17-32(31)40-36(34)45)39-29-13-15-30(16-14-29)42(5)33(44)25-43-21-19-41(4)20-22-43/h8-17,24,40,45H,18-23,25H2,1-7H3,(H,46,47). The predicted molar refractivity (Wildman–Crippen MR) is 199 cm³/mol. The second-order valence-electron chi connectivity index (χ2n) is 14.5. The minimum Gasteiger partial charge on any atom is -0.494 e. The lowest BCUT2D eigenvalue weighted by Crippen LogP contribution is -2.48. The van der Waals surface area contributed by atoms with Crippen molar-refractivity contribution < 1.29 is 24.2 Å². The van der Waals surface area contributed by atoms with Crippen molar-refractivity contribution in [1.82, 2.24) is 14.8 Å². The summed E-state index contributed by atoms with van der Waals surface area (Å²) in [6, 6.07) is 20.1. The Hall–Kier alpha value is -4.29. The van der Waals surface area contributed by atoms with E-state index in [2.05, 4.69) is 55.7 Å². The average Bonchev–Trinajstić information content (AvgIpc) is 3.39. The first kappa shape index (κ1) is 36.0. The second kappa shape index (κ2) is 14.7.